The Hall–Kier alpha value is -0.500. The molecule has 62 valence electrons. The minimum Gasteiger partial charge on any atom is -0.501 e. The van der Waals surface area contributed by atoms with Gasteiger partial charge < -0.3 is 10.1 Å². The Labute approximate surface area is 67.6 Å². The van der Waals surface area contributed by atoms with Crippen molar-refractivity contribution in [3.63, 3.8) is 0 Å². The smallest absolute Gasteiger partial charge is 0.0876 e. The lowest BCUT2D eigenvalue weighted by Crippen LogP contribution is -2.13. The molecule has 11 heavy (non-hydrogen) atoms. The van der Waals surface area contributed by atoms with Crippen molar-refractivity contribution in [2.75, 3.05) is 19.7 Å². The van der Waals surface area contributed by atoms with Crippen LogP contribution in [0.3, 0.4) is 0 Å². The summed E-state index contributed by atoms with van der Waals surface area (Å²) < 4.78 is 5.30. The molecule has 0 aromatic carbocycles. The maximum absolute atomic E-state index is 5.30. The zero-order chi connectivity index (χ0) is 7.52. The summed E-state index contributed by atoms with van der Waals surface area (Å²) in [5.74, 6) is 0.773. The standard InChI is InChI=1S/C9H15NO/c1-2-9(7-11-5-1)8-3-4-10-6-8/h7-8,10H,1-6H2. The fourth-order valence-electron chi connectivity index (χ4n) is 1.86. The molecule has 2 rings (SSSR count). The fourth-order valence-corrected chi connectivity index (χ4v) is 1.86. The van der Waals surface area contributed by atoms with Gasteiger partial charge in [0.05, 0.1) is 12.9 Å². The van der Waals surface area contributed by atoms with Crippen LogP contribution in [0.25, 0.3) is 0 Å². The van der Waals surface area contributed by atoms with E-state index in [4.69, 9.17) is 4.74 Å². The first-order chi connectivity index (χ1) is 5.47. The number of nitrogens with one attached hydrogen (secondary N) is 1. The minimum atomic E-state index is 0.773. The third-order valence-electron chi connectivity index (χ3n) is 2.55. The van der Waals surface area contributed by atoms with E-state index >= 15 is 0 Å². The molecule has 2 aliphatic rings. The van der Waals surface area contributed by atoms with Gasteiger partial charge in [-0.05, 0) is 37.3 Å². The number of hydrogen-bond acceptors (Lipinski definition) is 2. The molecular formula is C9H15NO. The lowest BCUT2D eigenvalue weighted by molar-refractivity contribution is 0.218. The second-order valence-electron chi connectivity index (χ2n) is 3.36. The van der Waals surface area contributed by atoms with Gasteiger partial charge in [0.25, 0.3) is 0 Å². The number of rotatable bonds is 1. The molecule has 0 spiro atoms. The van der Waals surface area contributed by atoms with Crippen LogP contribution in [0.1, 0.15) is 19.3 Å². The van der Waals surface area contributed by atoms with Crippen LogP contribution >= 0.6 is 0 Å². The van der Waals surface area contributed by atoms with Crippen LogP contribution < -0.4 is 5.32 Å². The first-order valence-corrected chi connectivity index (χ1v) is 4.48. The van der Waals surface area contributed by atoms with Crippen LogP contribution in [0.5, 0.6) is 0 Å². The summed E-state index contributed by atoms with van der Waals surface area (Å²) in [5, 5.41) is 3.37. The Kier molecular flexibility index (Phi) is 2.13. The van der Waals surface area contributed by atoms with E-state index in [9.17, 15) is 0 Å². The highest BCUT2D eigenvalue weighted by molar-refractivity contribution is 5.08. The molecular weight excluding hydrogens is 138 g/mol. The molecule has 2 heteroatoms. The summed E-state index contributed by atoms with van der Waals surface area (Å²) >= 11 is 0. The first kappa shape index (κ1) is 7.17. The molecule has 0 radical (unpaired) electrons. The summed E-state index contributed by atoms with van der Waals surface area (Å²) in [7, 11) is 0. The molecule has 0 saturated carbocycles. The van der Waals surface area contributed by atoms with E-state index in [0.29, 0.717) is 0 Å². The van der Waals surface area contributed by atoms with Gasteiger partial charge in [-0.2, -0.15) is 0 Å². The van der Waals surface area contributed by atoms with Crippen molar-refractivity contribution in [1.82, 2.24) is 5.32 Å². The van der Waals surface area contributed by atoms with Gasteiger partial charge in [-0.15, -0.1) is 0 Å². The predicted octanol–water partition coefficient (Wildman–Crippen LogP) is 1.29. The van der Waals surface area contributed by atoms with Gasteiger partial charge in [-0.25, -0.2) is 0 Å². The average molecular weight is 153 g/mol. The lowest BCUT2D eigenvalue weighted by Gasteiger charge is -2.17. The fraction of sp³-hybridized carbons (Fsp3) is 0.778. The van der Waals surface area contributed by atoms with Crippen molar-refractivity contribution >= 4 is 0 Å². The van der Waals surface area contributed by atoms with Gasteiger partial charge in [0.1, 0.15) is 0 Å². The van der Waals surface area contributed by atoms with Gasteiger partial charge in [0, 0.05) is 6.54 Å². The third-order valence-corrected chi connectivity index (χ3v) is 2.55. The molecule has 1 atom stereocenters. The second-order valence-corrected chi connectivity index (χ2v) is 3.36. The Morgan fingerprint density at radius 2 is 2.55 bits per heavy atom. The van der Waals surface area contributed by atoms with E-state index in [1.165, 1.54) is 31.4 Å². The largest absolute Gasteiger partial charge is 0.501 e. The second kappa shape index (κ2) is 3.26. The Balaban J connectivity index is 1.96. The van der Waals surface area contributed by atoms with E-state index in [1.54, 1.807) is 0 Å². The zero-order valence-electron chi connectivity index (χ0n) is 6.81. The van der Waals surface area contributed by atoms with Crippen molar-refractivity contribution in [3.8, 4) is 0 Å². The maximum atomic E-state index is 5.30. The van der Waals surface area contributed by atoms with E-state index in [2.05, 4.69) is 5.32 Å². The SMILES string of the molecule is C1=C(C2CCNC2)CCCO1. The van der Waals surface area contributed by atoms with E-state index in [1.807, 2.05) is 6.26 Å². The molecule has 2 aliphatic heterocycles. The summed E-state index contributed by atoms with van der Waals surface area (Å²) in [4.78, 5) is 0. The molecule has 0 aromatic rings. The van der Waals surface area contributed by atoms with Gasteiger partial charge in [-0.3, -0.25) is 0 Å². The van der Waals surface area contributed by atoms with Crippen LogP contribution in [0.15, 0.2) is 11.8 Å². The van der Waals surface area contributed by atoms with Gasteiger partial charge in [-0.1, -0.05) is 0 Å². The summed E-state index contributed by atoms with van der Waals surface area (Å²) in [6.45, 7) is 3.26. The monoisotopic (exact) mass is 153 g/mol. The molecule has 1 fully saturated rings. The molecule has 1 N–H and O–H groups in total. The minimum absolute atomic E-state index is 0.773. The molecule has 0 aromatic heterocycles. The third kappa shape index (κ3) is 1.56. The Morgan fingerprint density at radius 1 is 1.55 bits per heavy atom. The maximum Gasteiger partial charge on any atom is 0.0876 e. The number of hydrogen-bond donors (Lipinski definition) is 1. The summed E-state index contributed by atoms with van der Waals surface area (Å²) in [6.07, 6.45) is 5.76. The van der Waals surface area contributed by atoms with E-state index in [0.717, 1.165) is 19.1 Å². The van der Waals surface area contributed by atoms with Crippen molar-refractivity contribution in [3.05, 3.63) is 11.8 Å². The van der Waals surface area contributed by atoms with Crippen molar-refractivity contribution in [2.45, 2.75) is 19.3 Å². The molecule has 0 aliphatic carbocycles. The quantitative estimate of drug-likeness (QED) is 0.613. The van der Waals surface area contributed by atoms with Crippen molar-refractivity contribution in [1.29, 1.82) is 0 Å². The van der Waals surface area contributed by atoms with Crippen LogP contribution in [-0.2, 0) is 4.74 Å². The average Bonchev–Trinajstić information content (AvgIpc) is 2.58. The summed E-state index contributed by atoms with van der Waals surface area (Å²) in [5.41, 5.74) is 1.53. The highest BCUT2D eigenvalue weighted by Crippen LogP contribution is 2.24. The molecule has 1 unspecified atom stereocenters. The van der Waals surface area contributed by atoms with E-state index in [-0.39, 0.29) is 0 Å². The van der Waals surface area contributed by atoms with Crippen molar-refractivity contribution in [2.24, 2.45) is 5.92 Å². The lowest BCUT2D eigenvalue weighted by atomic mass is 9.95. The van der Waals surface area contributed by atoms with Crippen LogP contribution in [0, 0.1) is 5.92 Å². The van der Waals surface area contributed by atoms with Crippen molar-refractivity contribution < 1.29 is 4.74 Å². The van der Waals surface area contributed by atoms with E-state index < -0.39 is 0 Å². The normalized spacial score (nSPS) is 31.3. The first-order valence-electron chi connectivity index (χ1n) is 4.48. The highest BCUT2D eigenvalue weighted by Gasteiger charge is 2.20. The topological polar surface area (TPSA) is 21.3 Å². The highest BCUT2D eigenvalue weighted by atomic mass is 16.5. The predicted molar refractivity (Wildman–Crippen MR) is 44.2 cm³/mol. The molecule has 0 bridgehead atoms. The van der Waals surface area contributed by atoms with Crippen LogP contribution in [0.4, 0.5) is 0 Å². The molecule has 2 heterocycles. The van der Waals surface area contributed by atoms with Crippen LogP contribution in [0.2, 0.25) is 0 Å². The van der Waals surface area contributed by atoms with Gasteiger partial charge >= 0.3 is 0 Å². The van der Waals surface area contributed by atoms with Gasteiger partial charge in [0.15, 0.2) is 0 Å². The Morgan fingerprint density at radius 3 is 3.18 bits per heavy atom. The molecule has 0 amide bonds. The van der Waals surface area contributed by atoms with Gasteiger partial charge in [0.2, 0.25) is 0 Å². The summed E-state index contributed by atoms with van der Waals surface area (Å²) in [6, 6.07) is 0. The number of ether oxygens (including phenoxy) is 1. The Bertz CT molecular complexity index is 159. The molecule has 2 nitrogen and oxygen atoms in total. The van der Waals surface area contributed by atoms with Crippen LogP contribution in [-0.4, -0.2) is 19.7 Å². The zero-order valence-corrected chi connectivity index (χ0v) is 6.81. The molecule has 1 saturated heterocycles.